The van der Waals surface area contributed by atoms with E-state index >= 15 is 0 Å². The number of hydrogen-bond donors (Lipinski definition) is 1. The second kappa shape index (κ2) is 6.83. The number of amides is 1. The van der Waals surface area contributed by atoms with Gasteiger partial charge in [-0.05, 0) is 32.6 Å². The Morgan fingerprint density at radius 3 is 2.40 bits per heavy atom. The Labute approximate surface area is 93.6 Å². The highest BCUT2D eigenvalue weighted by Gasteiger charge is 2.19. The van der Waals surface area contributed by atoms with E-state index < -0.39 is 0 Å². The third-order valence-electron chi connectivity index (χ3n) is 2.58. The van der Waals surface area contributed by atoms with Crippen LogP contribution in [0.25, 0.3) is 0 Å². The van der Waals surface area contributed by atoms with Crippen molar-refractivity contribution in [3.8, 4) is 0 Å². The minimum Gasteiger partial charge on any atom is -0.376 e. The van der Waals surface area contributed by atoms with Gasteiger partial charge in [0.15, 0.2) is 0 Å². The number of nitrogens with one attached hydrogen (secondary N) is 1. The van der Waals surface area contributed by atoms with E-state index in [-0.39, 0.29) is 5.60 Å². The largest absolute Gasteiger partial charge is 0.376 e. The normalized spacial score (nSPS) is 15.8. The zero-order valence-corrected chi connectivity index (χ0v) is 10.7. The minimum absolute atomic E-state index is 0.0781. The SMILES string of the molecule is CCC(COC(C)(C)C)C(C)CNC=O. The lowest BCUT2D eigenvalue weighted by Gasteiger charge is -2.27. The van der Waals surface area contributed by atoms with Crippen molar-refractivity contribution < 1.29 is 9.53 Å². The van der Waals surface area contributed by atoms with E-state index in [4.69, 9.17) is 4.74 Å². The van der Waals surface area contributed by atoms with E-state index in [1.54, 1.807) is 0 Å². The molecule has 0 saturated carbocycles. The van der Waals surface area contributed by atoms with Gasteiger partial charge in [-0.25, -0.2) is 0 Å². The van der Waals surface area contributed by atoms with Crippen LogP contribution in [0, 0.1) is 11.8 Å². The molecule has 0 aliphatic heterocycles. The van der Waals surface area contributed by atoms with Gasteiger partial charge in [0.1, 0.15) is 0 Å². The predicted octanol–water partition coefficient (Wildman–Crippen LogP) is 2.21. The van der Waals surface area contributed by atoms with Crippen molar-refractivity contribution in [1.82, 2.24) is 5.32 Å². The first kappa shape index (κ1) is 14.4. The van der Waals surface area contributed by atoms with E-state index in [0.717, 1.165) is 26.0 Å². The molecule has 90 valence electrons. The summed E-state index contributed by atoms with van der Waals surface area (Å²) in [4.78, 5) is 10.2. The fourth-order valence-electron chi connectivity index (χ4n) is 1.44. The number of rotatable bonds is 7. The standard InChI is InChI=1S/C12H25NO2/c1-6-11(8-15-12(3,4)5)10(2)7-13-9-14/h9-11H,6-8H2,1-5H3,(H,13,14). The molecule has 0 radical (unpaired) electrons. The highest BCUT2D eigenvalue weighted by molar-refractivity contribution is 5.45. The molecule has 2 unspecified atom stereocenters. The summed E-state index contributed by atoms with van der Waals surface area (Å²) in [7, 11) is 0. The molecule has 0 aromatic rings. The fraction of sp³-hybridized carbons (Fsp3) is 0.917. The van der Waals surface area contributed by atoms with Crippen molar-refractivity contribution in [2.24, 2.45) is 11.8 Å². The van der Waals surface area contributed by atoms with Crippen molar-refractivity contribution >= 4 is 6.41 Å². The molecule has 0 aromatic heterocycles. The topological polar surface area (TPSA) is 38.3 Å². The molecular weight excluding hydrogens is 190 g/mol. The maximum Gasteiger partial charge on any atom is 0.207 e. The van der Waals surface area contributed by atoms with Gasteiger partial charge in [-0.1, -0.05) is 20.3 Å². The average molecular weight is 215 g/mol. The van der Waals surface area contributed by atoms with Gasteiger partial charge in [0.2, 0.25) is 6.41 Å². The highest BCUT2D eigenvalue weighted by Crippen LogP contribution is 2.18. The van der Waals surface area contributed by atoms with Crippen LogP contribution in [0.3, 0.4) is 0 Å². The van der Waals surface area contributed by atoms with Crippen LogP contribution in [0.15, 0.2) is 0 Å². The lowest BCUT2D eigenvalue weighted by Crippen LogP contribution is -2.31. The van der Waals surface area contributed by atoms with Crippen LogP contribution in [-0.4, -0.2) is 25.2 Å². The fourth-order valence-corrected chi connectivity index (χ4v) is 1.44. The molecule has 0 heterocycles. The number of hydrogen-bond acceptors (Lipinski definition) is 2. The molecule has 15 heavy (non-hydrogen) atoms. The van der Waals surface area contributed by atoms with E-state index in [9.17, 15) is 4.79 Å². The van der Waals surface area contributed by atoms with Crippen LogP contribution in [0.2, 0.25) is 0 Å². The Morgan fingerprint density at radius 2 is 2.00 bits per heavy atom. The van der Waals surface area contributed by atoms with Gasteiger partial charge in [0.25, 0.3) is 0 Å². The lowest BCUT2D eigenvalue weighted by molar-refractivity contribution is -0.109. The zero-order chi connectivity index (χ0) is 11.9. The molecule has 0 aliphatic rings. The Hall–Kier alpha value is -0.570. The molecule has 0 saturated heterocycles. The Morgan fingerprint density at radius 1 is 1.40 bits per heavy atom. The van der Waals surface area contributed by atoms with Crippen LogP contribution in [-0.2, 0) is 9.53 Å². The van der Waals surface area contributed by atoms with E-state index in [1.807, 2.05) is 0 Å². The molecule has 3 nitrogen and oxygen atoms in total. The first-order valence-corrected chi connectivity index (χ1v) is 5.71. The molecule has 0 fully saturated rings. The van der Waals surface area contributed by atoms with Gasteiger partial charge >= 0.3 is 0 Å². The van der Waals surface area contributed by atoms with Crippen molar-refractivity contribution in [1.29, 1.82) is 0 Å². The first-order chi connectivity index (χ1) is 6.90. The van der Waals surface area contributed by atoms with E-state index in [2.05, 4.69) is 39.9 Å². The Kier molecular flexibility index (Phi) is 6.57. The number of carbonyl (C=O) groups excluding carboxylic acids is 1. The summed E-state index contributed by atoms with van der Waals surface area (Å²) < 4.78 is 5.77. The lowest BCUT2D eigenvalue weighted by atomic mass is 9.92. The Balaban J connectivity index is 3.95. The van der Waals surface area contributed by atoms with Gasteiger partial charge in [-0.3, -0.25) is 4.79 Å². The van der Waals surface area contributed by atoms with Crippen LogP contribution in [0.1, 0.15) is 41.0 Å². The summed E-state index contributed by atoms with van der Waals surface area (Å²) in [6.45, 7) is 12.0. The van der Waals surface area contributed by atoms with E-state index in [0.29, 0.717) is 11.8 Å². The molecular formula is C12H25NO2. The summed E-state index contributed by atoms with van der Waals surface area (Å²) in [5.74, 6) is 0.972. The quantitative estimate of drug-likeness (QED) is 0.661. The molecule has 0 aromatic carbocycles. The predicted molar refractivity (Wildman–Crippen MR) is 62.7 cm³/mol. The third-order valence-corrected chi connectivity index (χ3v) is 2.58. The summed E-state index contributed by atoms with van der Waals surface area (Å²) in [6, 6.07) is 0. The second-order valence-electron chi connectivity index (χ2n) is 5.10. The molecule has 0 bridgehead atoms. The van der Waals surface area contributed by atoms with Gasteiger partial charge in [0.05, 0.1) is 12.2 Å². The maximum atomic E-state index is 10.2. The molecule has 0 spiro atoms. The minimum atomic E-state index is -0.0781. The van der Waals surface area contributed by atoms with Crippen molar-refractivity contribution in [3.05, 3.63) is 0 Å². The van der Waals surface area contributed by atoms with Crippen LogP contribution >= 0.6 is 0 Å². The van der Waals surface area contributed by atoms with Crippen LogP contribution in [0.4, 0.5) is 0 Å². The van der Waals surface area contributed by atoms with Crippen LogP contribution in [0.5, 0.6) is 0 Å². The number of ether oxygens (including phenoxy) is 1. The second-order valence-corrected chi connectivity index (χ2v) is 5.10. The smallest absolute Gasteiger partial charge is 0.207 e. The number of carbonyl (C=O) groups is 1. The van der Waals surface area contributed by atoms with Gasteiger partial charge in [0, 0.05) is 6.54 Å². The van der Waals surface area contributed by atoms with Gasteiger partial charge in [-0.2, -0.15) is 0 Å². The molecule has 0 aliphatic carbocycles. The molecule has 3 heteroatoms. The summed E-state index contributed by atoms with van der Waals surface area (Å²) in [5, 5.41) is 2.72. The summed E-state index contributed by atoms with van der Waals surface area (Å²) in [5.41, 5.74) is -0.0781. The molecule has 2 atom stereocenters. The third kappa shape index (κ3) is 7.37. The van der Waals surface area contributed by atoms with Gasteiger partial charge < -0.3 is 10.1 Å². The zero-order valence-electron chi connectivity index (χ0n) is 10.7. The first-order valence-electron chi connectivity index (χ1n) is 5.71. The molecule has 1 amide bonds. The summed E-state index contributed by atoms with van der Waals surface area (Å²) in [6.07, 6.45) is 1.84. The molecule has 0 rings (SSSR count). The van der Waals surface area contributed by atoms with E-state index in [1.165, 1.54) is 0 Å². The Bertz CT molecular complexity index is 175. The van der Waals surface area contributed by atoms with Crippen LogP contribution < -0.4 is 5.32 Å². The van der Waals surface area contributed by atoms with Crippen molar-refractivity contribution in [2.75, 3.05) is 13.2 Å². The van der Waals surface area contributed by atoms with Gasteiger partial charge in [-0.15, -0.1) is 0 Å². The summed E-state index contributed by atoms with van der Waals surface area (Å²) >= 11 is 0. The monoisotopic (exact) mass is 215 g/mol. The van der Waals surface area contributed by atoms with Crippen molar-refractivity contribution in [2.45, 2.75) is 46.6 Å². The maximum absolute atomic E-state index is 10.2. The highest BCUT2D eigenvalue weighted by atomic mass is 16.5. The van der Waals surface area contributed by atoms with Crippen molar-refractivity contribution in [3.63, 3.8) is 0 Å². The molecule has 1 N–H and O–H groups in total. The average Bonchev–Trinajstić information content (AvgIpc) is 2.13.